The molecule has 1 nitrogen and oxygen atoms in total. The van der Waals surface area contributed by atoms with Crippen molar-refractivity contribution in [1.29, 1.82) is 0 Å². The van der Waals surface area contributed by atoms with Gasteiger partial charge in [0, 0.05) is 21.7 Å². The largest absolute Gasteiger partial charge is 0.327 e. The van der Waals surface area contributed by atoms with Crippen LogP contribution in [0.25, 0.3) is 0 Å². The van der Waals surface area contributed by atoms with Crippen LogP contribution in [0.2, 0.25) is 5.02 Å². The van der Waals surface area contributed by atoms with Gasteiger partial charge in [-0.2, -0.15) is 0 Å². The van der Waals surface area contributed by atoms with E-state index >= 15 is 0 Å². The molecular formula is C16H24ClNS. The smallest absolute Gasteiger partial charge is 0.0406 e. The fraction of sp³-hybridized carbons (Fsp3) is 0.625. The molecule has 0 radical (unpaired) electrons. The van der Waals surface area contributed by atoms with Crippen molar-refractivity contribution in [3.63, 3.8) is 0 Å². The highest BCUT2D eigenvalue weighted by atomic mass is 35.5. The monoisotopic (exact) mass is 297 g/mol. The molecule has 0 heterocycles. The summed E-state index contributed by atoms with van der Waals surface area (Å²) >= 11 is 7.74. The number of thioether (sulfide) groups is 1. The summed E-state index contributed by atoms with van der Waals surface area (Å²) in [6, 6.07) is 8.35. The topological polar surface area (TPSA) is 26.0 Å². The highest BCUT2D eigenvalue weighted by Gasteiger charge is 2.28. The maximum atomic E-state index is 6.39. The minimum absolute atomic E-state index is 0.315. The van der Waals surface area contributed by atoms with Crippen LogP contribution < -0.4 is 5.73 Å². The van der Waals surface area contributed by atoms with Crippen LogP contribution in [0.4, 0.5) is 0 Å². The summed E-state index contributed by atoms with van der Waals surface area (Å²) in [6.07, 6.45) is 3.93. The van der Waals surface area contributed by atoms with Crippen molar-refractivity contribution in [2.45, 2.75) is 44.0 Å². The van der Waals surface area contributed by atoms with Crippen molar-refractivity contribution >= 4 is 23.4 Å². The van der Waals surface area contributed by atoms with E-state index in [0.717, 1.165) is 22.6 Å². The molecule has 1 aromatic rings. The molecule has 1 saturated carbocycles. The average molecular weight is 298 g/mol. The summed E-state index contributed by atoms with van der Waals surface area (Å²) in [5.41, 5.74) is 6.39. The van der Waals surface area contributed by atoms with Gasteiger partial charge >= 0.3 is 0 Å². The van der Waals surface area contributed by atoms with Crippen LogP contribution in [0.15, 0.2) is 29.2 Å². The van der Waals surface area contributed by atoms with Gasteiger partial charge in [0.1, 0.15) is 0 Å². The second-order valence-electron chi connectivity index (χ2n) is 5.96. The van der Waals surface area contributed by atoms with E-state index in [1.807, 2.05) is 23.9 Å². The number of halogens is 1. The Bertz CT molecular complexity index is 392. The van der Waals surface area contributed by atoms with E-state index in [0.29, 0.717) is 12.0 Å². The molecule has 0 amide bonds. The zero-order valence-electron chi connectivity index (χ0n) is 11.8. The SMILES string of the molecule is CC1CCC(C(N)CSc2ccc(Cl)cc2)CC1C. The Hall–Kier alpha value is -0.180. The number of nitrogens with two attached hydrogens (primary N) is 1. The second kappa shape index (κ2) is 7.01. The molecule has 19 heavy (non-hydrogen) atoms. The minimum atomic E-state index is 0.315. The lowest BCUT2D eigenvalue weighted by Gasteiger charge is -2.35. The molecule has 0 spiro atoms. The normalized spacial score (nSPS) is 29.2. The van der Waals surface area contributed by atoms with Crippen LogP contribution in [0, 0.1) is 17.8 Å². The lowest BCUT2D eigenvalue weighted by Crippen LogP contribution is -2.37. The van der Waals surface area contributed by atoms with Gasteiger partial charge in [-0.1, -0.05) is 31.9 Å². The molecule has 0 aromatic heterocycles. The second-order valence-corrected chi connectivity index (χ2v) is 7.49. The van der Waals surface area contributed by atoms with Crippen molar-refractivity contribution in [3.8, 4) is 0 Å². The molecule has 0 aliphatic heterocycles. The van der Waals surface area contributed by atoms with Crippen LogP contribution >= 0.6 is 23.4 Å². The van der Waals surface area contributed by atoms with Crippen LogP contribution in [-0.2, 0) is 0 Å². The number of rotatable bonds is 4. The van der Waals surface area contributed by atoms with E-state index in [4.69, 9.17) is 17.3 Å². The van der Waals surface area contributed by atoms with Gasteiger partial charge in [0.05, 0.1) is 0 Å². The highest BCUT2D eigenvalue weighted by Crippen LogP contribution is 2.35. The van der Waals surface area contributed by atoms with Gasteiger partial charge in [0.25, 0.3) is 0 Å². The third kappa shape index (κ3) is 4.40. The van der Waals surface area contributed by atoms with Gasteiger partial charge in [-0.25, -0.2) is 0 Å². The lowest BCUT2D eigenvalue weighted by molar-refractivity contribution is 0.192. The summed E-state index contributed by atoms with van der Waals surface area (Å²) in [5, 5.41) is 0.795. The first-order chi connectivity index (χ1) is 9.06. The Morgan fingerprint density at radius 2 is 1.89 bits per heavy atom. The van der Waals surface area contributed by atoms with E-state index in [-0.39, 0.29) is 0 Å². The predicted octanol–water partition coefficient (Wildman–Crippen LogP) is 4.83. The van der Waals surface area contributed by atoms with Crippen molar-refractivity contribution in [2.75, 3.05) is 5.75 Å². The molecule has 106 valence electrons. The van der Waals surface area contributed by atoms with Gasteiger partial charge in [-0.05, 0) is 54.9 Å². The summed E-state index contributed by atoms with van der Waals surface area (Å²) < 4.78 is 0. The van der Waals surface area contributed by atoms with Crippen LogP contribution in [0.5, 0.6) is 0 Å². The maximum Gasteiger partial charge on any atom is 0.0406 e. The van der Waals surface area contributed by atoms with Gasteiger partial charge in [-0.15, -0.1) is 11.8 Å². The fourth-order valence-electron chi connectivity index (χ4n) is 2.84. The van der Waals surface area contributed by atoms with Crippen molar-refractivity contribution in [1.82, 2.24) is 0 Å². The van der Waals surface area contributed by atoms with Crippen LogP contribution in [0.3, 0.4) is 0 Å². The Morgan fingerprint density at radius 3 is 2.53 bits per heavy atom. The maximum absolute atomic E-state index is 6.39. The van der Waals surface area contributed by atoms with E-state index in [2.05, 4.69) is 26.0 Å². The summed E-state index contributed by atoms with van der Waals surface area (Å²) in [7, 11) is 0. The molecule has 4 atom stereocenters. The molecule has 0 saturated heterocycles. The zero-order chi connectivity index (χ0) is 13.8. The Morgan fingerprint density at radius 1 is 1.21 bits per heavy atom. The quantitative estimate of drug-likeness (QED) is 0.805. The van der Waals surface area contributed by atoms with Crippen molar-refractivity contribution in [2.24, 2.45) is 23.5 Å². The lowest BCUT2D eigenvalue weighted by atomic mass is 9.74. The third-order valence-corrected chi connectivity index (χ3v) is 5.91. The van der Waals surface area contributed by atoms with E-state index in [1.54, 1.807) is 0 Å². The Kier molecular flexibility index (Phi) is 5.61. The highest BCUT2D eigenvalue weighted by molar-refractivity contribution is 7.99. The van der Waals surface area contributed by atoms with Gasteiger partial charge < -0.3 is 5.73 Å². The first kappa shape index (κ1) is 15.2. The molecule has 1 aliphatic carbocycles. The number of hydrogen-bond acceptors (Lipinski definition) is 2. The molecule has 1 fully saturated rings. The summed E-state index contributed by atoms with van der Waals surface area (Å²) in [6.45, 7) is 4.74. The van der Waals surface area contributed by atoms with E-state index in [1.165, 1.54) is 24.2 Å². The molecular weight excluding hydrogens is 274 g/mol. The van der Waals surface area contributed by atoms with Crippen molar-refractivity contribution in [3.05, 3.63) is 29.3 Å². The summed E-state index contributed by atoms with van der Waals surface area (Å²) in [4.78, 5) is 1.26. The van der Waals surface area contributed by atoms with Gasteiger partial charge in [-0.3, -0.25) is 0 Å². The van der Waals surface area contributed by atoms with Gasteiger partial charge in [0.15, 0.2) is 0 Å². The molecule has 0 bridgehead atoms. The average Bonchev–Trinajstić information content (AvgIpc) is 2.41. The van der Waals surface area contributed by atoms with Gasteiger partial charge in [0.2, 0.25) is 0 Å². The van der Waals surface area contributed by atoms with Crippen LogP contribution in [-0.4, -0.2) is 11.8 Å². The third-order valence-electron chi connectivity index (χ3n) is 4.50. The van der Waals surface area contributed by atoms with E-state index < -0.39 is 0 Å². The summed E-state index contributed by atoms with van der Waals surface area (Å²) in [5.74, 6) is 3.40. The van der Waals surface area contributed by atoms with Crippen molar-refractivity contribution < 1.29 is 0 Å². The Labute approximate surface area is 126 Å². The molecule has 1 aromatic carbocycles. The van der Waals surface area contributed by atoms with E-state index in [9.17, 15) is 0 Å². The molecule has 3 heteroatoms. The first-order valence-electron chi connectivity index (χ1n) is 7.20. The molecule has 2 N–H and O–H groups in total. The Balaban J connectivity index is 1.81. The minimum Gasteiger partial charge on any atom is -0.327 e. The molecule has 1 aliphatic rings. The number of benzene rings is 1. The first-order valence-corrected chi connectivity index (χ1v) is 8.56. The fourth-order valence-corrected chi connectivity index (χ4v) is 3.95. The predicted molar refractivity (Wildman–Crippen MR) is 85.8 cm³/mol. The molecule has 2 rings (SSSR count). The standard InChI is InChI=1S/C16H24ClNS/c1-11-3-4-13(9-12(11)2)16(18)10-19-15-7-5-14(17)6-8-15/h5-8,11-13,16H,3-4,9-10,18H2,1-2H3. The number of hydrogen-bond donors (Lipinski definition) is 1. The van der Waals surface area contributed by atoms with Crippen LogP contribution in [0.1, 0.15) is 33.1 Å². The zero-order valence-corrected chi connectivity index (χ0v) is 13.4. The molecule has 4 unspecified atom stereocenters.